The second kappa shape index (κ2) is 7.95. The lowest BCUT2D eigenvalue weighted by molar-refractivity contribution is -0.128. The molecule has 5 heteroatoms. The molecule has 1 amide bonds. The molecule has 2 heterocycles. The van der Waals surface area contributed by atoms with Gasteiger partial charge in [-0.1, -0.05) is 18.9 Å². The number of amides is 1. The number of hydrogen-bond acceptors (Lipinski definition) is 3. The van der Waals surface area contributed by atoms with Gasteiger partial charge in [0.1, 0.15) is 0 Å². The highest BCUT2D eigenvalue weighted by atomic mass is 16.5. The first-order chi connectivity index (χ1) is 12.8. The third-order valence-corrected chi connectivity index (χ3v) is 6.18. The highest BCUT2D eigenvalue weighted by Gasteiger charge is 2.33. The van der Waals surface area contributed by atoms with Crippen molar-refractivity contribution >= 4 is 5.91 Å². The zero-order valence-corrected chi connectivity index (χ0v) is 16.0. The van der Waals surface area contributed by atoms with Crippen molar-refractivity contribution in [3.8, 4) is 0 Å². The van der Waals surface area contributed by atoms with E-state index in [1.165, 1.54) is 36.9 Å². The number of fused-ring (bicyclic) bond motifs is 1. The molecule has 0 aromatic carbocycles. The van der Waals surface area contributed by atoms with E-state index in [9.17, 15) is 4.79 Å². The lowest BCUT2D eigenvalue weighted by atomic mass is 9.95. The molecule has 2 aliphatic carbocycles. The van der Waals surface area contributed by atoms with Crippen LogP contribution in [0.5, 0.6) is 0 Å². The van der Waals surface area contributed by atoms with Gasteiger partial charge < -0.3 is 9.64 Å². The summed E-state index contributed by atoms with van der Waals surface area (Å²) in [5.74, 6) is 1.21. The molecule has 3 aliphatic rings. The van der Waals surface area contributed by atoms with Crippen LogP contribution in [0, 0.1) is 5.92 Å². The average molecular weight is 357 g/mol. The minimum absolute atomic E-state index is 0.221. The summed E-state index contributed by atoms with van der Waals surface area (Å²) in [5.41, 5.74) is 3.53. The van der Waals surface area contributed by atoms with Gasteiger partial charge in [0.25, 0.3) is 0 Å². The minimum atomic E-state index is 0.221. The van der Waals surface area contributed by atoms with Crippen LogP contribution >= 0.6 is 0 Å². The molecule has 5 nitrogen and oxygen atoms in total. The van der Waals surface area contributed by atoms with Crippen molar-refractivity contribution in [3.05, 3.63) is 29.1 Å². The Morgan fingerprint density at radius 2 is 2.15 bits per heavy atom. The molecular formula is C21H31N3O2. The predicted octanol–water partition coefficient (Wildman–Crippen LogP) is 3.65. The zero-order chi connectivity index (χ0) is 17.9. The van der Waals surface area contributed by atoms with Crippen LogP contribution in [0.2, 0.25) is 0 Å². The van der Waals surface area contributed by atoms with Crippen molar-refractivity contribution in [1.29, 1.82) is 0 Å². The van der Waals surface area contributed by atoms with Gasteiger partial charge in [-0.25, -0.2) is 0 Å². The maximum atomic E-state index is 12.9. The molecule has 142 valence electrons. The number of carbonyl (C=O) groups is 1. The average Bonchev–Trinajstić information content (AvgIpc) is 3.41. The van der Waals surface area contributed by atoms with Gasteiger partial charge in [-0.2, -0.15) is 5.10 Å². The number of aromatic nitrogens is 2. The lowest BCUT2D eigenvalue weighted by Crippen LogP contribution is -2.40. The van der Waals surface area contributed by atoms with E-state index < -0.39 is 0 Å². The summed E-state index contributed by atoms with van der Waals surface area (Å²) in [5, 5.41) is 4.72. The van der Waals surface area contributed by atoms with Crippen LogP contribution in [-0.4, -0.2) is 40.3 Å². The van der Waals surface area contributed by atoms with Crippen LogP contribution in [-0.2, 0) is 22.6 Å². The van der Waals surface area contributed by atoms with E-state index in [1.54, 1.807) is 0 Å². The summed E-state index contributed by atoms with van der Waals surface area (Å²) >= 11 is 0. The van der Waals surface area contributed by atoms with E-state index >= 15 is 0 Å². The molecule has 0 radical (unpaired) electrons. The Bertz CT molecular complexity index is 673. The van der Waals surface area contributed by atoms with Crippen LogP contribution in [0.15, 0.2) is 17.8 Å². The molecule has 1 fully saturated rings. The summed E-state index contributed by atoms with van der Waals surface area (Å²) < 4.78 is 8.01. The summed E-state index contributed by atoms with van der Waals surface area (Å²) in [4.78, 5) is 14.9. The van der Waals surface area contributed by atoms with Crippen molar-refractivity contribution in [1.82, 2.24) is 14.7 Å². The molecule has 0 saturated heterocycles. The largest absolute Gasteiger partial charge is 0.381 e. The van der Waals surface area contributed by atoms with Crippen molar-refractivity contribution < 1.29 is 9.53 Å². The van der Waals surface area contributed by atoms with Crippen LogP contribution in [0.4, 0.5) is 0 Å². The molecule has 0 spiro atoms. The van der Waals surface area contributed by atoms with E-state index in [2.05, 4.69) is 10.8 Å². The van der Waals surface area contributed by atoms with Gasteiger partial charge in [0.2, 0.25) is 5.91 Å². The first-order valence-electron chi connectivity index (χ1n) is 10.4. The summed E-state index contributed by atoms with van der Waals surface area (Å²) in [6.45, 7) is 5.88. The van der Waals surface area contributed by atoms with Gasteiger partial charge in [-0.15, -0.1) is 0 Å². The monoisotopic (exact) mass is 357 g/mol. The van der Waals surface area contributed by atoms with E-state index in [4.69, 9.17) is 9.84 Å². The van der Waals surface area contributed by atoms with E-state index in [0.29, 0.717) is 19.8 Å². The highest BCUT2D eigenvalue weighted by molar-refractivity contribution is 5.94. The first kappa shape index (κ1) is 17.8. The normalized spacial score (nSPS) is 23.3. The Hall–Kier alpha value is -1.62. The topological polar surface area (TPSA) is 47.4 Å². The molecule has 0 bridgehead atoms. The summed E-state index contributed by atoms with van der Waals surface area (Å²) in [6.07, 6.45) is 12.6. The standard InChI is InChI=1S/C21H31N3O2/c1-2-26-15-19-14-23(21(25)17-9-5-6-10-17)13-18-11-22-24(20(18)19)12-16-7-3-4-8-16/h9,11,16,19H,2-8,10,12-15H2,1H3. The third-order valence-electron chi connectivity index (χ3n) is 6.18. The minimum Gasteiger partial charge on any atom is -0.381 e. The van der Waals surface area contributed by atoms with Crippen molar-refractivity contribution in [2.75, 3.05) is 19.8 Å². The first-order valence-corrected chi connectivity index (χ1v) is 10.4. The number of carbonyl (C=O) groups excluding carboxylic acids is 1. The van der Waals surface area contributed by atoms with E-state index in [1.807, 2.05) is 18.0 Å². The van der Waals surface area contributed by atoms with E-state index in [-0.39, 0.29) is 11.8 Å². The number of hydrogen-bond donors (Lipinski definition) is 0. The maximum Gasteiger partial charge on any atom is 0.249 e. The predicted molar refractivity (Wildman–Crippen MR) is 101 cm³/mol. The SMILES string of the molecule is CCOCC1CN(C(=O)C2=CCCC2)Cc2cnn(CC3CCCC3)c21. The molecular weight excluding hydrogens is 326 g/mol. The van der Waals surface area contributed by atoms with Crippen molar-refractivity contribution in [3.63, 3.8) is 0 Å². The Labute approximate surface area is 156 Å². The fourth-order valence-corrected chi connectivity index (χ4v) is 4.85. The molecule has 1 aromatic rings. The zero-order valence-electron chi connectivity index (χ0n) is 16.0. The molecule has 1 atom stereocenters. The van der Waals surface area contributed by atoms with Crippen molar-refractivity contribution in [2.24, 2.45) is 5.92 Å². The Kier molecular flexibility index (Phi) is 5.44. The van der Waals surface area contributed by atoms with Gasteiger partial charge in [0, 0.05) is 43.3 Å². The number of rotatable bonds is 6. The molecule has 1 aromatic heterocycles. The number of ether oxygens (including phenoxy) is 1. The second-order valence-electron chi connectivity index (χ2n) is 8.05. The highest BCUT2D eigenvalue weighted by Crippen LogP contribution is 2.33. The molecule has 26 heavy (non-hydrogen) atoms. The van der Waals surface area contributed by atoms with Crippen LogP contribution in [0.25, 0.3) is 0 Å². The van der Waals surface area contributed by atoms with Gasteiger partial charge in [-0.3, -0.25) is 9.48 Å². The fraction of sp³-hybridized carbons (Fsp3) is 0.714. The molecule has 0 N–H and O–H groups in total. The van der Waals surface area contributed by atoms with Gasteiger partial charge in [0.05, 0.1) is 18.5 Å². The molecule has 1 saturated carbocycles. The molecule has 4 rings (SSSR count). The molecule has 1 aliphatic heterocycles. The maximum absolute atomic E-state index is 12.9. The van der Waals surface area contributed by atoms with Crippen LogP contribution < -0.4 is 0 Å². The van der Waals surface area contributed by atoms with Crippen LogP contribution in [0.3, 0.4) is 0 Å². The van der Waals surface area contributed by atoms with Gasteiger partial charge >= 0.3 is 0 Å². The fourth-order valence-electron chi connectivity index (χ4n) is 4.85. The van der Waals surface area contributed by atoms with Gasteiger partial charge in [0.15, 0.2) is 0 Å². The Morgan fingerprint density at radius 3 is 2.88 bits per heavy atom. The summed E-state index contributed by atoms with van der Waals surface area (Å²) in [6, 6.07) is 0. The quantitative estimate of drug-likeness (QED) is 0.781. The summed E-state index contributed by atoms with van der Waals surface area (Å²) in [7, 11) is 0. The van der Waals surface area contributed by atoms with Crippen LogP contribution in [0.1, 0.15) is 69.0 Å². The molecule has 1 unspecified atom stereocenters. The van der Waals surface area contributed by atoms with Gasteiger partial charge in [-0.05, 0) is 44.9 Å². The smallest absolute Gasteiger partial charge is 0.249 e. The lowest BCUT2D eigenvalue weighted by Gasteiger charge is -2.34. The Balaban J connectivity index is 1.55. The van der Waals surface area contributed by atoms with E-state index in [0.717, 1.165) is 43.8 Å². The number of nitrogens with zero attached hydrogens (tertiary/aromatic N) is 3. The third kappa shape index (κ3) is 3.59. The number of allylic oxidation sites excluding steroid dienone is 1. The van der Waals surface area contributed by atoms with Crippen molar-refractivity contribution in [2.45, 2.75) is 70.9 Å². The Morgan fingerprint density at radius 1 is 1.31 bits per heavy atom. The second-order valence-corrected chi connectivity index (χ2v) is 8.05.